The van der Waals surface area contributed by atoms with Crippen LogP contribution in [0.25, 0.3) is 72.1 Å². The highest BCUT2D eigenvalue weighted by Crippen LogP contribution is 2.41. The van der Waals surface area contributed by atoms with Crippen LogP contribution in [0, 0.1) is 17.4 Å². The van der Waals surface area contributed by atoms with Gasteiger partial charge < -0.3 is 4.57 Å². The third-order valence-corrected chi connectivity index (χ3v) is 11.5. The molecule has 0 bridgehead atoms. The standard InChI is InChI=1S/C50H37IN2/c1-33-16-9-11-23-40(33)48-34(2)17-15-26-42(48)37-31-38(52-46(32-37)35-18-5-3-6-19-35)30-36-20-10-12-24-41(36)44-28-29-45-43-25-13-14-27-47(43)53(50(45)49(44)51)39-21-7-4-8-22-39/h3-29,31-32H,30H2,1-2H3. The van der Waals surface area contributed by atoms with Gasteiger partial charge in [0.15, 0.2) is 0 Å². The van der Waals surface area contributed by atoms with Gasteiger partial charge in [0.05, 0.1) is 16.7 Å². The third kappa shape index (κ3) is 6.05. The average molecular weight is 793 g/mol. The summed E-state index contributed by atoms with van der Waals surface area (Å²) in [5.41, 5.74) is 17.9. The van der Waals surface area contributed by atoms with Crippen molar-refractivity contribution in [1.82, 2.24) is 9.55 Å². The summed E-state index contributed by atoms with van der Waals surface area (Å²) in [7, 11) is 0. The molecule has 2 nitrogen and oxygen atoms in total. The van der Waals surface area contributed by atoms with E-state index in [-0.39, 0.29) is 0 Å². The number of benzene rings is 7. The number of aromatic nitrogens is 2. The molecular weight excluding hydrogens is 755 g/mol. The molecule has 0 atom stereocenters. The van der Waals surface area contributed by atoms with Crippen molar-refractivity contribution in [2.75, 3.05) is 0 Å². The predicted molar refractivity (Wildman–Crippen MR) is 232 cm³/mol. The monoisotopic (exact) mass is 792 g/mol. The SMILES string of the molecule is Cc1ccccc1-c1c(C)cccc1-c1cc(Cc2ccccc2-c2ccc3c4ccccc4n(-c4ccccc4)c3c2I)nc(-c2ccccc2)c1. The molecule has 0 aliphatic heterocycles. The number of hydrogen-bond acceptors (Lipinski definition) is 1. The fourth-order valence-electron chi connectivity index (χ4n) is 7.91. The van der Waals surface area contributed by atoms with Gasteiger partial charge in [0.25, 0.3) is 0 Å². The van der Waals surface area contributed by atoms with Gasteiger partial charge in [-0.25, -0.2) is 0 Å². The molecule has 0 radical (unpaired) electrons. The van der Waals surface area contributed by atoms with Gasteiger partial charge in [0.2, 0.25) is 0 Å². The van der Waals surface area contributed by atoms with E-state index in [1.165, 1.54) is 75.4 Å². The van der Waals surface area contributed by atoms with Crippen molar-refractivity contribution in [3.8, 4) is 50.3 Å². The molecule has 0 fully saturated rings. The molecular formula is C50H37IN2. The Morgan fingerprint density at radius 1 is 0.509 bits per heavy atom. The van der Waals surface area contributed by atoms with Gasteiger partial charge in [-0.3, -0.25) is 4.98 Å². The molecule has 0 aliphatic carbocycles. The molecule has 2 heterocycles. The van der Waals surface area contributed by atoms with E-state index in [1.807, 2.05) is 0 Å². The first-order chi connectivity index (χ1) is 26.0. The number of hydrogen-bond donors (Lipinski definition) is 0. The van der Waals surface area contributed by atoms with Crippen molar-refractivity contribution in [1.29, 1.82) is 0 Å². The van der Waals surface area contributed by atoms with Crippen LogP contribution in [0.4, 0.5) is 0 Å². The first kappa shape index (κ1) is 33.1. The predicted octanol–water partition coefficient (Wildman–Crippen LogP) is 13.7. The molecule has 7 aromatic carbocycles. The lowest BCUT2D eigenvalue weighted by Gasteiger charge is -2.18. The number of rotatable bonds is 7. The summed E-state index contributed by atoms with van der Waals surface area (Å²) in [5.74, 6) is 0. The van der Waals surface area contributed by atoms with Crippen LogP contribution < -0.4 is 0 Å². The Labute approximate surface area is 324 Å². The summed E-state index contributed by atoms with van der Waals surface area (Å²) in [6, 6.07) is 63.4. The zero-order chi connectivity index (χ0) is 35.9. The largest absolute Gasteiger partial charge is 0.308 e. The molecule has 53 heavy (non-hydrogen) atoms. The van der Waals surface area contributed by atoms with Crippen molar-refractivity contribution in [2.45, 2.75) is 20.3 Å². The van der Waals surface area contributed by atoms with Crippen molar-refractivity contribution >= 4 is 44.4 Å². The van der Waals surface area contributed by atoms with Gasteiger partial charge in [-0.05, 0) is 117 Å². The second kappa shape index (κ2) is 14.0. The second-order valence-electron chi connectivity index (χ2n) is 13.8. The quantitative estimate of drug-likeness (QED) is 0.147. The first-order valence-corrected chi connectivity index (χ1v) is 19.2. The van der Waals surface area contributed by atoms with E-state index in [0.717, 1.165) is 22.6 Å². The minimum Gasteiger partial charge on any atom is -0.308 e. The van der Waals surface area contributed by atoms with E-state index < -0.39 is 0 Å². The Bertz CT molecular complexity index is 2780. The Hall–Kier alpha value is -5.78. The summed E-state index contributed by atoms with van der Waals surface area (Å²) >= 11 is 2.58. The zero-order valence-electron chi connectivity index (χ0n) is 29.7. The van der Waals surface area contributed by atoms with E-state index in [2.05, 4.69) is 217 Å². The lowest BCUT2D eigenvalue weighted by molar-refractivity contribution is 1.08. The lowest BCUT2D eigenvalue weighted by Crippen LogP contribution is -2.00. The van der Waals surface area contributed by atoms with Crippen LogP contribution in [0.15, 0.2) is 176 Å². The zero-order valence-corrected chi connectivity index (χ0v) is 31.9. The summed E-state index contributed by atoms with van der Waals surface area (Å²) in [6.07, 6.45) is 0.700. The first-order valence-electron chi connectivity index (χ1n) is 18.1. The Morgan fingerprint density at radius 3 is 1.98 bits per heavy atom. The number of pyridine rings is 1. The summed E-state index contributed by atoms with van der Waals surface area (Å²) in [6.45, 7) is 4.42. The summed E-state index contributed by atoms with van der Waals surface area (Å²) in [4.78, 5) is 5.35. The lowest BCUT2D eigenvalue weighted by atomic mass is 9.88. The molecule has 9 aromatic rings. The highest BCUT2D eigenvalue weighted by atomic mass is 127. The molecule has 3 heteroatoms. The smallest absolute Gasteiger partial charge is 0.0711 e. The van der Waals surface area contributed by atoms with Crippen LogP contribution in [-0.2, 0) is 6.42 Å². The number of halogens is 1. The summed E-state index contributed by atoms with van der Waals surface area (Å²) < 4.78 is 3.66. The maximum Gasteiger partial charge on any atom is 0.0711 e. The molecule has 0 amide bonds. The van der Waals surface area contributed by atoms with E-state index in [4.69, 9.17) is 4.98 Å². The van der Waals surface area contributed by atoms with Gasteiger partial charge in [0, 0.05) is 37.7 Å². The molecule has 0 saturated heterocycles. The third-order valence-electron chi connectivity index (χ3n) is 10.4. The highest BCUT2D eigenvalue weighted by molar-refractivity contribution is 14.1. The minimum absolute atomic E-state index is 0.700. The maximum atomic E-state index is 5.35. The fourth-order valence-corrected chi connectivity index (χ4v) is 8.91. The normalized spacial score (nSPS) is 11.4. The molecule has 0 spiro atoms. The van der Waals surface area contributed by atoms with Gasteiger partial charge in [0.1, 0.15) is 0 Å². The van der Waals surface area contributed by atoms with Gasteiger partial charge in [-0.15, -0.1) is 0 Å². The highest BCUT2D eigenvalue weighted by Gasteiger charge is 2.20. The van der Waals surface area contributed by atoms with Crippen LogP contribution in [0.1, 0.15) is 22.4 Å². The maximum absolute atomic E-state index is 5.35. The van der Waals surface area contributed by atoms with Crippen molar-refractivity contribution in [3.63, 3.8) is 0 Å². The molecule has 0 saturated carbocycles. The van der Waals surface area contributed by atoms with Crippen LogP contribution >= 0.6 is 22.6 Å². The fraction of sp³-hybridized carbons (Fsp3) is 0.0600. The minimum atomic E-state index is 0.700. The summed E-state index contributed by atoms with van der Waals surface area (Å²) in [5, 5.41) is 2.53. The van der Waals surface area contributed by atoms with Gasteiger partial charge in [-0.2, -0.15) is 0 Å². The molecule has 0 unspecified atom stereocenters. The molecule has 9 rings (SSSR count). The number of nitrogens with zero attached hydrogens (tertiary/aromatic N) is 2. The van der Waals surface area contributed by atoms with Crippen LogP contribution in [-0.4, -0.2) is 9.55 Å². The topological polar surface area (TPSA) is 17.8 Å². The van der Waals surface area contributed by atoms with E-state index in [1.54, 1.807) is 0 Å². The average Bonchev–Trinajstić information content (AvgIpc) is 3.54. The van der Waals surface area contributed by atoms with Gasteiger partial charge >= 0.3 is 0 Å². The van der Waals surface area contributed by atoms with Crippen LogP contribution in [0.5, 0.6) is 0 Å². The van der Waals surface area contributed by atoms with E-state index in [0.29, 0.717) is 6.42 Å². The van der Waals surface area contributed by atoms with Crippen molar-refractivity contribution < 1.29 is 0 Å². The molecule has 0 N–H and O–H groups in total. The number of aryl methyl sites for hydroxylation is 2. The second-order valence-corrected chi connectivity index (χ2v) is 14.8. The molecule has 0 aliphatic rings. The number of para-hydroxylation sites is 2. The van der Waals surface area contributed by atoms with Crippen LogP contribution in [0.3, 0.4) is 0 Å². The van der Waals surface area contributed by atoms with Gasteiger partial charge in [-0.1, -0.05) is 146 Å². The van der Waals surface area contributed by atoms with Crippen molar-refractivity contribution in [2.24, 2.45) is 0 Å². The molecule has 2 aromatic heterocycles. The Morgan fingerprint density at radius 2 is 1.17 bits per heavy atom. The van der Waals surface area contributed by atoms with E-state index in [9.17, 15) is 0 Å². The molecule has 254 valence electrons. The van der Waals surface area contributed by atoms with Crippen LogP contribution in [0.2, 0.25) is 0 Å². The van der Waals surface area contributed by atoms with Crippen molar-refractivity contribution in [3.05, 3.63) is 202 Å². The Balaban J connectivity index is 1.21. The number of fused-ring (bicyclic) bond motifs is 3. The van der Waals surface area contributed by atoms with E-state index >= 15 is 0 Å². The Kier molecular flexibility index (Phi) is 8.73.